The van der Waals surface area contributed by atoms with Gasteiger partial charge in [0.15, 0.2) is 0 Å². The van der Waals surface area contributed by atoms with Gasteiger partial charge in [-0.3, -0.25) is 0 Å². The zero-order chi connectivity index (χ0) is 13.8. The first-order valence-corrected chi connectivity index (χ1v) is 6.61. The minimum absolute atomic E-state index is 0.0291. The lowest BCUT2D eigenvalue weighted by Gasteiger charge is -2.20. The molecule has 1 aliphatic heterocycles. The molecule has 1 saturated heterocycles. The highest BCUT2D eigenvalue weighted by molar-refractivity contribution is 5.89. The minimum Gasteiger partial charge on any atom is -0.326 e. The summed E-state index contributed by atoms with van der Waals surface area (Å²) in [5.41, 5.74) is 7.42. The fraction of sp³-hybridized carbons (Fsp3) is 0.500. The molecule has 0 saturated carbocycles. The van der Waals surface area contributed by atoms with Crippen molar-refractivity contribution in [3.05, 3.63) is 29.8 Å². The Hall–Kier alpha value is -1.59. The second-order valence-electron chi connectivity index (χ2n) is 5.19. The van der Waals surface area contributed by atoms with Gasteiger partial charge >= 0.3 is 6.03 Å². The van der Waals surface area contributed by atoms with E-state index in [1.807, 2.05) is 29.2 Å². The van der Waals surface area contributed by atoms with E-state index in [0.29, 0.717) is 12.6 Å². The zero-order valence-electron chi connectivity index (χ0n) is 11.6. The molecule has 0 aliphatic carbocycles. The molecule has 1 fully saturated rings. The monoisotopic (exact) mass is 262 g/mol. The number of likely N-dealkylation sites (N-methyl/N-ethyl adjacent to an activating group) is 1. The molecule has 0 bridgehead atoms. The summed E-state index contributed by atoms with van der Waals surface area (Å²) < 4.78 is 0. The van der Waals surface area contributed by atoms with Gasteiger partial charge in [-0.05, 0) is 38.2 Å². The fourth-order valence-corrected chi connectivity index (χ4v) is 2.33. The molecule has 104 valence electrons. The Bertz CT molecular complexity index is 447. The number of hydrogen-bond donors (Lipinski definition) is 2. The summed E-state index contributed by atoms with van der Waals surface area (Å²) in [5, 5.41) is 2.93. The quantitative estimate of drug-likeness (QED) is 0.863. The van der Waals surface area contributed by atoms with Crippen LogP contribution in [0, 0.1) is 0 Å². The van der Waals surface area contributed by atoms with Crippen LogP contribution in [0.25, 0.3) is 0 Å². The van der Waals surface area contributed by atoms with E-state index in [1.165, 1.54) is 0 Å². The Morgan fingerprint density at radius 2 is 2.32 bits per heavy atom. The largest absolute Gasteiger partial charge is 0.326 e. The highest BCUT2D eigenvalue weighted by atomic mass is 16.2. The second kappa shape index (κ2) is 6.04. The van der Waals surface area contributed by atoms with Gasteiger partial charge in [-0.1, -0.05) is 12.1 Å². The van der Waals surface area contributed by atoms with Gasteiger partial charge in [0.1, 0.15) is 0 Å². The van der Waals surface area contributed by atoms with Gasteiger partial charge in [0.05, 0.1) is 0 Å². The van der Waals surface area contributed by atoms with Crippen molar-refractivity contribution in [2.45, 2.75) is 19.0 Å². The van der Waals surface area contributed by atoms with Gasteiger partial charge < -0.3 is 20.9 Å². The number of anilines is 1. The summed E-state index contributed by atoms with van der Waals surface area (Å²) in [6.45, 7) is 2.08. The number of nitrogens with one attached hydrogen (secondary N) is 1. The molecule has 2 rings (SSSR count). The Balaban J connectivity index is 1.94. The highest BCUT2D eigenvalue weighted by Gasteiger charge is 2.27. The normalized spacial score (nSPS) is 18.9. The number of carbonyl (C=O) groups excluding carboxylic acids is 1. The van der Waals surface area contributed by atoms with Crippen LogP contribution in [-0.4, -0.2) is 49.1 Å². The molecule has 0 spiro atoms. The number of amides is 2. The van der Waals surface area contributed by atoms with Crippen LogP contribution >= 0.6 is 0 Å². The van der Waals surface area contributed by atoms with Crippen LogP contribution in [0.15, 0.2) is 24.3 Å². The van der Waals surface area contributed by atoms with Gasteiger partial charge in [-0.2, -0.15) is 0 Å². The smallest absolute Gasteiger partial charge is 0.321 e. The van der Waals surface area contributed by atoms with Crippen LogP contribution in [-0.2, 0) is 6.54 Å². The van der Waals surface area contributed by atoms with Crippen molar-refractivity contribution in [2.75, 3.05) is 32.5 Å². The van der Waals surface area contributed by atoms with Crippen LogP contribution < -0.4 is 11.1 Å². The standard InChI is InChI=1S/C14H22N4O/c1-17(2)13-6-7-18(10-13)14(19)16-12-5-3-4-11(8-12)9-15/h3-5,8,13H,6-7,9-10,15H2,1-2H3,(H,16,19). The Labute approximate surface area is 114 Å². The average molecular weight is 262 g/mol. The molecule has 5 nitrogen and oxygen atoms in total. The number of benzene rings is 1. The zero-order valence-corrected chi connectivity index (χ0v) is 11.6. The van der Waals surface area contributed by atoms with Crippen molar-refractivity contribution in [3.8, 4) is 0 Å². The maximum atomic E-state index is 12.1. The second-order valence-corrected chi connectivity index (χ2v) is 5.19. The van der Waals surface area contributed by atoms with Crippen molar-refractivity contribution in [3.63, 3.8) is 0 Å². The SMILES string of the molecule is CN(C)C1CCN(C(=O)Nc2cccc(CN)c2)C1. The summed E-state index contributed by atoms with van der Waals surface area (Å²) in [6.07, 6.45) is 1.03. The predicted molar refractivity (Wildman–Crippen MR) is 77.0 cm³/mol. The summed E-state index contributed by atoms with van der Waals surface area (Å²) in [4.78, 5) is 16.2. The predicted octanol–water partition coefficient (Wildman–Crippen LogP) is 1.31. The first kappa shape index (κ1) is 13.8. The van der Waals surface area contributed by atoms with Crippen LogP contribution in [0.1, 0.15) is 12.0 Å². The molecule has 1 unspecified atom stereocenters. The van der Waals surface area contributed by atoms with E-state index >= 15 is 0 Å². The van der Waals surface area contributed by atoms with Gasteiger partial charge in [0.2, 0.25) is 0 Å². The fourth-order valence-electron chi connectivity index (χ4n) is 2.33. The van der Waals surface area contributed by atoms with E-state index in [-0.39, 0.29) is 6.03 Å². The third kappa shape index (κ3) is 3.45. The van der Waals surface area contributed by atoms with Crippen molar-refractivity contribution in [2.24, 2.45) is 5.73 Å². The lowest BCUT2D eigenvalue weighted by atomic mass is 10.2. The van der Waals surface area contributed by atoms with Crippen LogP contribution in [0.2, 0.25) is 0 Å². The molecule has 1 aliphatic rings. The van der Waals surface area contributed by atoms with E-state index in [2.05, 4.69) is 24.3 Å². The molecular formula is C14H22N4O. The molecule has 1 heterocycles. The summed E-state index contributed by atoms with van der Waals surface area (Å²) in [5.74, 6) is 0. The van der Waals surface area contributed by atoms with Crippen molar-refractivity contribution in [1.82, 2.24) is 9.80 Å². The van der Waals surface area contributed by atoms with Crippen LogP contribution in [0.5, 0.6) is 0 Å². The summed E-state index contributed by atoms with van der Waals surface area (Å²) in [7, 11) is 4.10. The van der Waals surface area contributed by atoms with Crippen LogP contribution in [0.3, 0.4) is 0 Å². The number of carbonyl (C=O) groups is 1. The topological polar surface area (TPSA) is 61.6 Å². The lowest BCUT2D eigenvalue weighted by Crippen LogP contribution is -2.36. The molecule has 5 heteroatoms. The van der Waals surface area contributed by atoms with Crippen molar-refractivity contribution < 1.29 is 4.79 Å². The maximum absolute atomic E-state index is 12.1. The van der Waals surface area contributed by atoms with Crippen molar-refractivity contribution in [1.29, 1.82) is 0 Å². The third-order valence-corrected chi connectivity index (χ3v) is 3.59. The molecule has 0 radical (unpaired) electrons. The highest BCUT2D eigenvalue weighted by Crippen LogP contribution is 2.16. The molecule has 19 heavy (non-hydrogen) atoms. The van der Waals surface area contributed by atoms with Gasteiger partial charge in [0.25, 0.3) is 0 Å². The first-order chi connectivity index (χ1) is 9.10. The third-order valence-electron chi connectivity index (χ3n) is 3.59. The molecule has 1 atom stereocenters. The molecular weight excluding hydrogens is 240 g/mol. The number of rotatable bonds is 3. The summed E-state index contributed by atoms with van der Waals surface area (Å²) >= 11 is 0. The van der Waals surface area contributed by atoms with E-state index in [9.17, 15) is 4.79 Å². The molecule has 0 aromatic heterocycles. The molecule has 1 aromatic rings. The lowest BCUT2D eigenvalue weighted by molar-refractivity contribution is 0.216. The number of likely N-dealkylation sites (tertiary alicyclic amines) is 1. The molecule has 1 aromatic carbocycles. The minimum atomic E-state index is -0.0291. The first-order valence-electron chi connectivity index (χ1n) is 6.61. The van der Waals surface area contributed by atoms with E-state index in [0.717, 1.165) is 30.8 Å². The number of nitrogens with two attached hydrogens (primary N) is 1. The van der Waals surface area contributed by atoms with Gasteiger partial charge in [-0.15, -0.1) is 0 Å². The van der Waals surface area contributed by atoms with E-state index < -0.39 is 0 Å². The molecule has 2 amide bonds. The Kier molecular flexibility index (Phi) is 4.39. The maximum Gasteiger partial charge on any atom is 0.321 e. The molecule has 3 N–H and O–H groups in total. The van der Waals surface area contributed by atoms with Crippen LogP contribution in [0.4, 0.5) is 10.5 Å². The Morgan fingerprint density at radius 3 is 2.95 bits per heavy atom. The number of nitrogens with zero attached hydrogens (tertiary/aromatic N) is 2. The van der Waals surface area contributed by atoms with Crippen molar-refractivity contribution >= 4 is 11.7 Å². The summed E-state index contributed by atoms with van der Waals surface area (Å²) in [6, 6.07) is 8.09. The number of urea groups is 1. The van der Waals surface area contributed by atoms with E-state index in [1.54, 1.807) is 0 Å². The Morgan fingerprint density at radius 1 is 1.53 bits per heavy atom. The van der Waals surface area contributed by atoms with Gasteiger partial charge in [-0.25, -0.2) is 4.79 Å². The van der Waals surface area contributed by atoms with E-state index in [4.69, 9.17) is 5.73 Å². The average Bonchev–Trinajstić information content (AvgIpc) is 2.89. The number of hydrogen-bond acceptors (Lipinski definition) is 3. The van der Waals surface area contributed by atoms with Gasteiger partial charge in [0, 0.05) is 31.4 Å².